The maximum Gasteiger partial charge on any atom is 0.338 e. The number of hydrogen-bond acceptors (Lipinski definition) is 7. The Bertz CT molecular complexity index is 1510. The van der Waals surface area contributed by atoms with Gasteiger partial charge in [-0.05, 0) is 67.6 Å². The van der Waals surface area contributed by atoms with Gasteiger partial charge in [0.1, 0.15) is 0 Å². The second-order valence-corrected chi connectivity index (χ2v) is 11.3. The van der Waals surface area contributed by atoms with Gasteiger partial charge in [-0.25, -0.2) is 21.6 Å². The summed E-state index contributed by atoms with van der Waals surface area (Å²) in [5.41, 5.74) is 2.08. The van der Waals surface area contributed by atoms with E-state index in [0.29, 0.717) is 0 Å². The quantitative estimate of drug-likeness (QED) is 0.262. The maximum absolute atomic E-state index is 12.8. The molecule has 1 amide bonds. The molecule has 0 aliphatic carbocycles. The van der Waals surface area contributed by atoms with E-state index in [-0.39, 0.29) is 43.3 Å². The highest BCUT2D eigenvalue weighted by molar-refractivity contribution is 7.92. The summed E-state index contributed by atoms with van der Waals surface area (Å²) < 4.78 is 57.6. The number of hydrazine groups is 1. The number of carbonyl (C=O) groups is 2. The second kappa shape index (κ2) is 11.3. The van der Waals surface area contributed by atoms with Crippen molar-refractivity contribution in [3.63, 3.8) is 0 Å². The van der Waals surface area contributed by atoms with Gasteiger partial charge in [0.05, 0.1) is 32.7 Å². The van der Waals surface area contributed by atoms with E-state index in [1.54, 1.807) is 6.92 Å². The highest BCUT2D eigenvalue weighted by Crippen LogP contribution is 2.28. The Morgan fingerprint density at radius 2 is 1.53 bits per heavy atom. The van der Waals surface area contributed by atoms with Gasteiger partial charge >= 0.3 is 5.97 Å². The zero-order chi connectivity index (χ0) is 26.5. The smallest absolute Gasteiger partial charge is 0.338 e. The predicted octanol–water partition coefficient (Wildman–Crippen LogP) is 3.59. The van der Waals surface area contributed by atoms with Crippen molar-refractivity contribution in [3.05, 3.63) is 87.9 Å². The monoisotopic (exact) mass is 571 g/mol. The van der Waals surface area contributed by atoms with Gasteiger partial charge in [0, 0.05) is 10.6 Å². The van der Waals surface area contributed by atoms with Crippen molar-refractivity contribution < 1.29 is 31.2 Å². The zero-order valence-corrected chi connectivity index (χ0v) is 21.6. The normalized spacial score (nSPS) is 11.5. The number of amides is 1. The molecule has 190 valence electrons. The number of hydrogen-bond donors (Lipinski definition) is 3. The summed E-state index contributed by atoms with van der Waals surface area (Å²) in [6.45, 7) is 1.80. The highest BCUT2D eigenvalue weighted by atomic mass is 35.5. The highest BCUT2D eigenvalue weighted by Gasteiger charge is 2.20. The number of halogens is 2. The van der Waals surface area contributed by atoms with Gasteiger partial charge < -0.3 is 4.74 Å². The predicted molar refractivity (Wildman–Crippen MR) is 134 cm³/mol. The maximum atomic E-state index is 12.8. The first-order chi connectivity index (χ1) is 16.9. The van der Waals surface area contributed by atoms with Crippen LogP contribution in [0, 0.1) is 0 Å². The number of esters is 1. The van der Waals surface area contributed by atoms with Crippen LogP contribution in [0.2, 0.25) is 10.0 Å². The number of sulfonamides is 2. The van der Waals surface area contributed by atoms with Gasteiger partial charge in [-0.3, -0.25) is 14.9 Å². The standard InChI is InChI=1S/C22H19Cl2N3O7S2/c1-2-34-22(29)14-6-9-17(10-7-14)36(32,33)27-25-21(28)15-4-3-5-18(12-15)35(30,31)26-20-13-16(23)8-11-19(20)24/h3-13,26-27H,2H2,1H3,(H,25,28). The van der Waals surface area contributed by atoms with Gasteiger partial charge in [0.25, 0.3) is 26.0 Å². The minimum Gasteiger partial charge on any atom is -0.462 e. The molecule has 0 aliphatic rings. The molecule has 0 radical (unpaired) electrons. The molecule has 0 aliphatic heterocycles. The lowest BCUT2D eigenvalue weighted by Crippen LogP contribution is -2.41. The lowest BCUT2D eigenvalue weighted by Gasteiger charge is -2.12. The van der Waals surface area contributed by atoms with Crippen molar-refractivity contribution in [3.8, 4) is 0 Å². The van der Waals surface area contributed by atoms with Gasteiger partial charge in [-0.2, -0.15) is 0 Å². The molecule has 3 aromatic carbocycles. The molecule has 14 heteroatoms. The second-order valence-electron chi connectivity index (χ2n) is 7.06. The van der Waals surface area contributed by atoms with E-state index in [2.05, 4.69) is 4.72 Å². The molecule has 0 aromatic heterocycles. The number of ether oxygens (including phenoxy) is 1. The van der Waals surface area contributed by atoms with E-state index in [1.165, 1.54) is 60.7 Å². The molecule has 0 bridgehead atoms. The van der Waals surface area contributed by atoms with Crippen molar-refractivity contribution in [2.24, 2.45) is 0 Å². The average Bonchev–Trinajstić information content (AvgIpc) is 2.85. The molecule has 3 aromatic rings. The topological polar surface area (TPSA) is 148 Å². The van der Waals surface area contributed by atoms with Crippen LogP contribution in [0.1, 0.15) is 27.6 Å². The van der Waals surface area contributed by atoms with Crippen molar-refractivity contribution in [1.82, 2.24) is 10.3 Å². The van der Waals surface area contributed by atoms with Crippen molar-refractivity contribution >= 4 is 60.8 Å². The molecule has 0 spiro atoms. The van der Waals surface area contributed by atoms with Crippen molar-refractivity contribution in [1.29, 1.82) is 0 Å². The fourth-order valence-electron chi connectivity index (χ4n) is 2.81. The number of carbonyl (C=O) groups excluding carboxylic acids is 2. The number of benzene rings is 3. The van der Waals surface area contributed by atoms with Crippen LogP contribution >= 0.6 is 23.2 Å². The Labute approximate surface area is 217 Å². The zero-order valence-electron chi connectivity index (χ0n) is 18.5. The molecule has 0 heterocycles. The van der Waals surface area contributed by atoms with Gasteiger partial charge in [-0.1, -0.05) is 29.3 Å². The lowest BCUT2D eigenvalue weighted by molar-refractivity contribution is 0.0526. The van der Waals surface area contributed by atoms with Crippen LogP contribution in [-0.2, 0) is 24.8 Å². The average molecular weight is 572 g/mol. The molecule has 0 unspecified atom stereocenters. The molecular formula is C22H19Cl2N3O7S2. The first kappa shape index (κ1) is 27.4. The Balaban J connectivity index is 1.72. The largest absolute Gasteiger partial charge is 0.462 e. The molecule has 36 heavy (non-hydrogen) atoms. The lowest BCUT2D eigenvalue weighted by atomic mass is 10.2. The molecule has 0 saturated carbocycles. The Kier molecular flexibility index (Phi) is 8.59. The summed E-state index contributed by atoms with van der Waals surface area (Å²) >= 11 is 11.9. The number of nitrogens with one attached hydrogen (secondary N) is 3. The van der Waals surface area contributed by atoms with Gasteiger partial charge in [0.2, 0.25) is 0 Å². The van der Waals surface area contributed by atoms with Crippen LogP contribution in [0.3, 0.4) is 0 Å². The van der Waals surface area contributed by atoms with Crippen LogP contribution in [0.15, 0.2) is 76.5 Å². The first-order valence-electron chi connectivity index (χ1n) is 10.1. The molecule has 3 rings (SSSR count). The number of rotatable bonds is 9. The first-order valence-corrected chi connectivity index (χ1v) is 13.8. The van der Waals surface area contributed by atoms with Crippen molar-refractivity contribution in [2.75, 3.05) is 11.3 Å². The summed E-state index contributed by atoms with van der Waals surface area (Å²) in [4.78, 5) is 25.6. The van der Waals surface area contributed by atoms with Crippen LogP contribution < -0.4 is 15.0 Å². The Hall–Kier alpha value is -3.16. The van der Waals surface area contributed by atoms with Gasteiger partial charge in [-0.15, -0.1) is 4.83 Å². The van der Waals surface area contributed by atoms with E-state index in [9.17, 15) is 26.4 Å². The molecule has 0 saturated heterocycles. The van der Waals surface area contributed by atoms with E-state index >= 15 is 0 Å². The molecular weight excluding hydrogens is 553 g/mol. The van der Waals surface area contributed by atoms with Crippen LogP contribution in [0.25, 0.3) is 0 Å². The van der Waals surface area contributed by atoms with Crippen molar-refractivity contribution in [2.45, 2.75) is 16.7 Å². The van der Waals surface area contributed by atoms with Crippen LogP contribution in [0.4, 0.5) is 5.69 Å². The summed E-state index contributed by atoms with van der Waals surface area (Å²) in [6.07, 6.45) is 0. The molecule has 3 N–H and O–H groups in total. The van der Waals surface area contributed by atoms with E-state index < -0.39 is 31.9 Å². The Morgan fingerprint density at radius 3 is 2.19 bits per heavy atom. The molecule has 0 fully saturated rings. The number of anilines is 1. The minimum absolute atomic E-state index is 0.0424. The third kappa shape index (κ3) is 6.74. The summed E-state index contributed by atoms with van der Waals surface area (Å²) in [7, 11) is -8.36. The third-order valence-corrected chi connectivity index (χ3v) is 7.75. The van der Waals surface area contributed by atoms with E-state index in [1.807, 2.05) is 10.3 Å². The summed E-state index contributed by atoms with van der Waals surface area (Å²) in [5.74, 6) is -1.52. The molecule has 0 atom stereocenters. The summed E-state index contributed by atoms with van der Waals surface area (Å²) in [6, 6.07) is 14.0. The minimum atomic E-state index is -4.20. The SMILES string of the molecule is CCOC(=O)c1ccc(S(=O)(=O)NNC(=O)c2cccc(S(=O)(=O)Nc3cc(Cl)ccc3Cl)c2)cc1. The van der Waals surface area contributed by atoms with E-state index in [4.69, 9.17) is 27.9 Å². The molecule has 10 nitrogen and oxygen atoms in total. The van der Waals surface area contributed by atoms with E-state index in [0.717, 1.165) is 6.07 Å². The van der Waals surface area contributed by atoms with Crippen LogP contribution in [0.5, 0.6) is 0 Å². The van der Waals surface area contributed by atoms with Crippen LogP contribution in [-0.4, -0.2) is 35.3 Å². The Morgan fingerprint density at radius 1 is 0.833 bits per heavy atom. The fraction of sp³-hybridized carbons (Fsp3) is 0.0909. The fourth-order valence-corrected chi connectivity index (χ4v) is 5.16. The van der Waals surface area contributed by atoms with Gasteiger partial charge in [0.15, 0.2) is 0 Å². The summed E-state index contributed by atoms with van der Waals surface area (Å²) in [5, 5.41) is 0.370. The third-order valence-electron chi connectivity index (χ3n) is 4.55.